The predicted molar refractivity (Wildman–Crippen MR) is 99.0 cm³/mol. The smallest absolute Gasteiger partial charge is 0.229 e. The molecule has 1 amide bonds. The zero-order chi connectivity index (χ0) is 18.9. The maximum atomic E-state index is 12.2. The third-order valence-corrected chi connectivity index (χ3v) is 4.67. The molecule has 0 bridgehead atoms. The highest BCUT2D eigenvalue weighted by Gasteiger charge is 2.29. The first-order valence-electron chi connectivity index (χ1n) is 7.93. The number of hydrogen-bond donors (Lipinski definition) is 2. The monoisotopic (exact) mass is 376 g/mol. The summed E-state index contributed by atoms with van der Waals surface area (Å²) >= 11 is 0. The van der Waals surface area contributed by atoms with Gasteiger partial charge in [0.25, 0.3) is 0 Å². The number of aromatic nitrogens is 2. The number of benzene rings is 1. The van der Waals surface area contributed by atoms with Gasteiger partial charge in [0.1, 0.15) is 5.75 Å². The molecule has 0 unspecified atom stereocenters. The molecule has 0 saturated carbocycles. The van der Waals surface area contributed by atoms with Gasteiger partial charge in [-0.1, -0.05) is 6.08 Å². The number of nitrogens with one attached hydrogen (secondary N) is 2. The summed E-state index contributed by atoms with van der Waals surface area (Å²) in [7, 11) is -2.02. The summed E-state index contributed by atoms with van der Waals surface area (Å²) in [5.41, 5.74) is 2.57. The third kappa shape index (κ3) is 3.72. The summed E-state index contributed by atoms with van der Waals surface area (Å²) in [5, 5.41) is 7.07. The Labute approximate surface area is 151 Å². The summed E-state index contributed by atoms with van der Waals surface area (Å²) < 4.78 is 32.6. The van der Waals surface area contributed by atoms with Crippen LogP contribution in [0.2, 0.25) is 0 Å². The Bertz CT molecular complexity index is 965. The molecule has 1 aromatic heterocycles. The first-order chi connectivity index (χ1) is 12.3. The fraction of sp³-hybridized carbons (Fsp3) is 0.294. The molecule has 0 saturated heterocycles. The molecule has 8 nitrogen and oxygen atoms in total. The Morgan fingerprint density at radius 3 is 2.92 bits per heavy atom. The molecule has 2 N–H and O–H groups in total. The lowest BCUT2D eigenvalue weighted by molar-refractivity contribution is -0.116. The minimum absolute atomic E-state index is 0.144. The van der Waals surface area contributed by atoms with Crippen molar-refractivity contribution >= 4 is 27.3 Å². The summed E-state index contributed by atoms with van der Waals surface area (Å²) in [6.07, 6.45) is 6.68. The number of hydrogen-bond acceptors (Lipinski definition) is 5. The third-order valence-electron chi connectivity index (χ3n) is 4.08. The van der Waals surface area contributed by atoms with Gasteiger partial charge in [0, 0.05) is 24.2 Å². The Hall–Kier alpha value is -2.81. The minimum atomic E-state index is -3.48. The average Bonchev–Trinajstić information content (AvgIpc) is 3.01. The highest BCUT2D eigenvalue weighted by Crippen LogP contribution is 2.42. The van der Waals surface area contributed by atoms with Gasteiger partial charge >= 0.3 is 0 Å². The van der Waals surface area contributed by atoms with Gasteiger partial charge in [0.05, 0.1) is 31.8 Å². The summed E-state index contributed by atoms with van der Waals surface area (Å²) in [4.78, 5) is 12.2. The lowest BCUT2D eigenvalue weighted by Gasteiger charge is -2.26. The van der Waals surface area contributed by atoms with Crippen LogP contribution in [0, 0.1) is 0 Å². The van der Waals surface area contributed by atoms with Crippen molar-refractivity contribution in [1.29, 1.82) is 0 Å². The Balaban J connectivity index is 2.07. The van der Waals surface area contributed by atoms with Crippen molar-refractivity contribution in [3.8, 4) is 5.75 Å². The second kappa shape index (κ2) is 6.83. The van der Waals surface area contributed by atoms with Crippen molar-refractivity contribution in [2.24, 2.45) is 0 Å². The van der Waals surface area contributed by atoms with E-state index in [-0.39, 0.29) is 23.9 Å². The van der Waals surface area contributed by atoms with E-state index >= 15 is 0 Å². The van der Waals surface area contributed by atoms with E-state index in [2.05, 4.69) is 21.7 Å². The molecule has 1 aromatic carbocycles. The highest BCUT2D eigenvalue weighted by atomic mass is 32.2. The van der Waals surface area contributed by atoms with Crippen LogP contribution in [0.1, 0.15) is 23.5 Å². The van der Waals surface area contributed by atoms with Crippen LogP contribution in [-0.4, -0.2) is 37.5 Å². The van der Waals surface area contributed by atoms with Crippen molar-refractivity contribution in [3.63, 3.8) is 0 Å². The van der Waals surface area contributed by atoms with E-state index < -0.39 is 10.0 Å². The van der Waals surface area contributed by atoms with Gasteiger partial charge in [-0.3, -0.25) is 14.2 Å². The van der Waals surface area contributed by atoms with E-state index in [0.717, 1.165) is 17.4 Å². The van der Waals surface area contributed by atoms with Crippen molar-refractivity contribution in [3.05, 3.63) is 48.3 Å². The number of sulfonamides is 1. The molecule has 1 aliphatic rings. The first kappa shape index (κ1) is 18.0. The molecule has 1 aliphatic heterocycles. The molecule has 0 radical (unpaired) electrons. The number of allylic oxidation sites excluding steroid dienone is 1. The number of nitrogens with zero attached hydrogens (tertiary/aromatic N) is 2. The van der Waals surface area contributed by atoms with Crippen LogP contribution >= 0.6 is 0 Å². The van der Waals surface area contributed by atoms with Gasteiger partial charge < -0.3 is 10.1 Å². The van der Waals surface area contributed by atoms with Crippen molar-refractivity contribution < 1.29 is 17.9 Å². The summed E-state index contributed by atoms with van der Waals surface area (Å²) in [5.74, 6) is 0.0433. The van der Waals surface area contributed by atoms with E-state index in [0.29, 0.717) is 18.0 Å². The first-order valence-corrected chi connectivity index (χ1v) is 9.82. The zero-order valence-electron chi connectivity index (χ0n) is 14.5. The molecular weight excluding hydrogens is 356 g/mol. The summed E-state index contributed by atoms with van der Waals surface area (Å²) in [6.45, 7) is 4.27. The van der Waals surface area contributed by atoms with Crippen LogP contribution in [-0.2, 0) is 21.4 Å². The molecule has 0 aliphatic carbocycles. The largest absolute Gasteiger partial charge is 0.495 e. The van der Waals surface area contributed by atoms with Gasteiger partial charge in [0.2, 0.25) is 15.9 Å². The molecule has 26 heavy (non-hydrogen) atoms. The topological polar surface area (TPSA) is 102 Å². The molecule has 138 valence electrons. The molecule has 2 aromatic rings. The van der Waals surface area contributed by atoms with E-state index in [1.54, 1.807) is 29.1 Å². The number of ether oxygens (including phenoxy) is 1. The fourth-order valence-corrected chi connectivity index (χ4v) is 3.59. The number of carbonyl (C=O) groups excluding carboxylic acids is 1. The van der Waals surface area contributed by atoms with Crippen LogP contribution in [0.15, 0.2) is 37.2 Å². The molecule has 9 heteroatoms. The maximum absolute atomic E-state index is 12.2. The normalized spacial score (nSPS) is 16.5. The van der Waals surface area contributed by atoms with Gasteiger partial charge in [-0.15, -0.1) is 6.58 Å². The van der Waals surface area contributed by atoms with Gasteiger partial charge in [0.15, 0.2) is 0 Å². The van der Waals surface area contributed by atoms with Crippen LogP contribution in [0.25, 0.3) is 0 Å². The lowest BCUT2D eigenvalue weighted by atomic mass is 9.86. The fourth-order valence-electron chi connectivity index (χ4n) is 3.03. The maximum Gasteiger partial charge on any atom is 0.229 e. The van der Waals surface area contributed by atoms with E-state index in [1.807, 2.05) is 6.20 Å². The Morgan fingerprint density at radius 2 is 2.27 bits per heavy atom. The van der Waals surface area contributed by atoms with Crippen molar-refractivity contribution in [2.75, 3.05) is 23.4 Å². The molecule has 1 atom stereocenters. The van der Waals surface area contributed by atoms with E-state index in [4.69, 9.17) is 4.74 Å². The van der Waals surface area contributed by atoms with Crippen LogP contribution in [0.4, 0.5) is 11.4 Å². The second-order valence-corrected chi connectivity index (χ2v) is 7.85. The number of amides is 1. The lowest BCUT2D eigenvalue weighted by Crippen LogP contribution is -2.24. The number of rotatable bonds is 6. The molecule has 0 spiro atoms. The number of carbonyl (C=O) groups is 1. The number of methoxy groups -OCH3 is 1. The Morgan fingerprint density at radius 1 is 1.50 bits per heavy atom. The van der Waals surface area contributed by atoms with Crippen LogP contribution in [0.3, 0.4) is 0 Å². The van der Waals surface area contributed by atoms with Crippen molar-refractivity contribution in [1.82, 2.24) is 9.78 Å². The van der Waals surface area contributed by atoms with Crippen LogP contribution in [0.5, 0.6) is 5.75 Å². The standard InChI is InChI=1S/C17H20N4O4S/c1-4-5-21-10-11(9-18-21)12-7-17(22)19-14-8-15(20-26(3,23)24)16(25-2)6-13(12)14/h4,6,8-10,12,20H,1,5,7H2,2-3H3,(H,19,22)/t12-/m1/s1. The number of anilines is 2. The van der Waals surface area contributed by atoms with Crippen LogP contribution < -0.4 is 14.8 Å². The number of fused-ring (bicyclic) bond motifs is 1. The Kier molecular flexibility index (Phi) is 4.73. The SMILES string of the molecule is C=CCn1cc([C@H]2CC(=O)Nc3cc(NS(C)(=O)=O)c(OC)cc32)cn1. The molecular formula is C17H20N4O4S. The predicted octanol–water partition coefficient (Wildman–Crippen LogP) is 1.92. The highest BCUT2D eigenvalue weighted by molar-refractivity contribution is 7.92. The van der Waals surface area contributed by atoms with Crippen molar-refractivity contribution in [2.45, 2.75) is 18.9 Å². The molecule has 0 fully saturated rings. The second-order valence-electron chi connectivity index (χ2n) is 6.10. The van der Waals surface area contributed by atoms with Gasteiger partial charge in [-0.05, 0) is 23.3 Å². The van der Waals surface area contributed by atoms with Gasteiger partial charge in [-0.2, -0.15) is 5.10 Å². The van der Waals surface area contributed by atoms with Gasteiger partial charge in [-0.25, -0.2) is 8.42 Å². The zero-order valence-corrected chi connectivity index (χ0v) is 15.3. The average molecular weight is 376 g/mol. The molecule has 2 heterocycles. The minimum Gasteiger partial charge on any atom is -0.495 e. The quantitative estimate of drug-likeness (QED) is 0.750. The van der Waals surface area contributed by atoms with E-state index in [1.165, 1.54) is 7.11 Å². The summed E-state index contributed by atoms with van der Waals surface area (Å²) in [6, 6.07) is 3.32. The van der Waals surface area contributed by atoms with E-state index in [9.17, 15) is 13.2 Å². The molecule has 3 rings (SSSR count).